The van der Waals surface area contributed by atoms with Gasteiger partial charge in [0.15, 0.2) is 16.7 Å². The molecule has 0 aromatic carbocycles. The number of carbonyl (C=O) groups excluding carboxylic acids is 2. The summed E-state index contributed by atoms with van der Waals surface area (Å²) in [7, 11) is 0. The highest BCUT2D eigenvalue weighted by atomic mass is 32.2. The van der Waals surface area contributed by atoms with Crippen LogP contribution in [0, 0.1) is 0 Å². The molecule has 1 aliphatic carbocycles. The van der Waals surface area contributed by atoms with E-state index >= 15 is 0 Å². The van der Waals surface area contributed by atoms with E-state index in [0.717, 1.165) is 39.1 Å². The maximum absolute atomic E-state index is 12.8. The zero-order valence-electron chi connectivity index (χ0n) is 18.8. The van der Waals surface area contributed by atoms with Gasteiger partial charge in [-0.15, -0.1) is 10.2 Å². The number of rotatable bonds is 10. The van der Waals surface area contributed by atoms with Gasteiger partial charge < -0.3 is 20.2 Å². The molecule has 1 saturated carbocycles. The molecule has 4 rings (SSSR count). The van der Waals surface area contributed by atoms with Gasteiger partial charge in [-0.3, -0.25) is 19.1 Å². The van der Waals surface area contributed by atoms with Crippen molar-refractivity contribution in [1.29, 1.82) is 0 Å². The number of amides is 2. The Morgan fingerprint density at radius 3 is 2.67 bits per heavy atom. The lowest BCUT2D eigenvalue weighted by molar-refractivity contribution is -0.120. The van der Waals surface area contributed by atoms with Crippen LogP contribution in [0.1, 0.15) is 38.5 Å². The van der Waals surface area contributed by atoms with Gasteiger partial charge in [-0.2, -0.15) is 0 Å². The van der Waals surface area contributed by atoms with Crippen molar-refractivity contribution in [2.45, 2.75) is 55.8 Å². The fourth-order valence-electron chi connectivity index (χ4n) is 4.70. The molecule has 0 atom stereocenters. The molecule has 1 aliphatic heterocycles. The van der Waals surface area contributed by atoms with E-state index in [1.165, 1.54) is 31.0 Å². The van der Waals surface area contributed by atoms with Crippen LogP contribution in [0.3, 0.4) is 0 Å². The van der Waals surface area contributed by atoms with E-state index in [0.29, 0.717) is 29.8 Å². The van der Waals surface area contributed by atoms with E-state index in [-0.39, 0.29) is 23.6 Å². The number of hydrogen-bond donors (Lipinski definition) is 2. The third kappa shape index (κ3) is 5.96. The highest BCUT2D eigenvalue weighted by Crippen LogP contribution is 2.34. The number of nitrogens with zero attached hydrogens (tertiary/aromatic N) is 4. The van der Waals surface area contributed by atoms with Crippen LogP contribution in [0.25, 0.3) is 11.6 Å². The molecule has 2 aliphatic rings. The van der Waals surface area contributed by atoms with Crippen LogP contribution in [0.5, 0.6) is 0 Å². The van der Waals surface area contributed by atoms with Crippen LogP contribution in [0.4, 0.5) is 0 Å². The van der Waals surface area contributed by atoms with Crippen LogP contribution in [0.15, 0.2) is 28.0 Å². The minimum Gasteiger partial charge on any atom is -0.461 e. The summed E-state index contributed by atoms with van der Waals surface area (Å²) in [6.45, 7) is 4.32. The molecule has 0 spiro atoms. The normalized spacial score (nSPS) is 18.8. The van der Waals surface area contributed by atoms with Gasteiger partial charge in [-0.25, -0.2) is 0 Å². The van der Waals surface area contributed by atoms with Gasteiger partial charge in [-0.05, 0) is 25.0 Å². The Bertz CT molecular complexity index is 919. The van der Waals surface area contributed by atoms with Gasteiger partial charge in [0.2, 0.25) is 11.8 Å². The maximum Gasteiger partial charge on any atom is 0.230 e. The molecule has 2 aromatic rings. The third-order valence-corrected chi connectivity index (χ3v) is 7.42. The summed E-state index contributed by atoms with van der Waals surface area (Å²) in [5, 5.41) is 12.1. The summed E-state index contributed by atoms with van der Waals surface area (Å²) in [6.07, 6.45) is 7.56. The van der Waals surface area contributed by atoms with E-state index in [4.69, 9.17) is 14.9 Å². The number of morpholine rings is 1. The van der Waals surface area contributed by atoms with Gasteiger partial charge in [0, 0.05) is 38.1 Å². The first kappa shape index (κ1) is 23.8. The number of nitrogens with two attached hydrogens (primary N) is 1. The highest BCUT2D eigenvalue weighted by Gasteiger charge is 2.38. The lowest BCUT2D eigenvalue weighted by atomic mass is 9.79. The standard InChI is InChI=1S/C22H32N6O4S/c23-18(29)6-9-28-20(17-5-4-12-32-17)25-26-21(28)33-15-19(30)24-16-22(7-2-1-3-8-22)27-10-13-31-14-11-27/h4-5,12H,1-3,6-11,13-16H2,(H2,23,29)(H,24,30). The van der Waals surface area contributed by atoms with Crippen molar-refractivity contribution in [3.05, 3.63) is 18.4 Å². The molecule has 0 radical (unpaired) electrons. The van der Waals surface area contributed by atoms with Crippen LogP contribution >= 0.6 is 11.8 Å². The van der Waals surface area contributed by atoms with Crippen molar-refractivity contribution in [3.63, 3.8) is 0 Å². The molecule has 0 bridgehead atoms. The van der Waals surface area contributed by atoms with E-state index in [9.17, 15) is 9.59 Å². The quantitative estimate of drug-likeness (QED) is 0.496. The van der Waals surface area contributed by atoms with E-state index < -0.39 is 5.91 Å². The number of aromatic nitrogens is 3. The van der Waals surface area contributed by atoms with Crippen LogP contribution < -0.4 is 11.1 Å². The number of nitrogens with one attached hydrogen (secondary N) is 1. The van der Waals surface area contributed by atoms with Crippen molar-refractivity contribution in [2.75, 3.05) is 38.6 Å². The zero-order valence-corrected chi connectivity index (χ0v) is 19.6. The molecule has 1 saturated heterocycles. The van der Waals surface area contributed by atoms with E-state index in [2.05, 4.69) is 20.4 Å². The Hall–Kier alpha value is -2.37. The van der Waals surface area contributed by atoms with Crippen molar-refractivity contribution < 1.29 is 18.7 Å². The molecule has 2 aromatic heterocycles. The summed E-state index contributed by atoms with van der Waals surface area (Å²) in [5.41, 5.74) is 5.36. The van der Waals surface area contributed by atoms with Gasteiger partial charge in [-0.1, -0.05) is 31.0 Å². The Balaban J connectivity index is 1.37. The summed E-state index contributed by atoms with van der Waals surface area (Å²) in [5.74, 6) is 0.822. The largest absolute Gasteiger partial charge is 0.461 e. The molecular formula is C22H32N6O4S. The molecule has 0 unspecified atom stereocenters. The molecule has 2 amide bonds. The third-order valence-electron chi connectivity index (χ3n) is 6.45. The molecule has 2 fully saturated rings. The SMILES string of the molecule is NC(=O)CCn1c(SCC(=O)NCC2(N3CCOCC3)CCCCC2)nnc1-c1ccco1. The molecule has 11 heteroatoms. The van der Waals surface area contributed by atoms with Crippen molar-refractivity contribution >= 4 is 23.6 Å². The molecular weight excluding hydrogens is 444 g/mol. The Morgan fingerprint density at radius 1 is 1.18 bits per heavy atom. The number of primary amides is 1. The van der Waals surface area contributed by atoms with Crippen LogP contribution in [-0.4, -0.2) is 75.6 Å². The van der Waals surface area contributed by atoms with Gasteiger partial charge in [0.1, 0.15) is 0 Å². The first-order chi connectivity index (χ1) is 16.1. The van der Waals surface area contributed by atoms with Gasteiger partial charge in [0.25, 0.3) is 0 Å². The predicted molar refractivity (Wildman–Crippen MR) is 123 cm³/mol. The summed E-state index contributed by atoms with van der Waals surface area (Å²) < 4.78 is 12.8. The number of hydrogen-bond acceptors (Lipinski definition) is 8. The van der Waals surface area contributed by atoms with Gasteiger partial charge >= 0.3 is 0 Å². The van der Waals surface area contributed by atoms with Crippen LogP contribution in [-0.2, 0) is 20.9 Å². The maximum atomic E-state index is 12.8. The average Bonchev–Trinajstić information content (AvgIpc) is 3.51. The van der Waals surface area contributed by atoms with Crippen molar-refractivity contribution in [3.8, 4) is 11.6 Å². The Kier molecular flexibility index (Phi) is 8.05. The number of ether oxygens (including phenoxy) is 1. The summed E-state index contributed by atoms with van der Waals surface area (Å²) in [4.78, 5) is 26.6. The number of furan rings is 1. The molecule has 180 valence electrons. The molecule has 3 heterocycles. The zero-order chi connectivity index (χ0) is 23.1. The van der Waals surface area contributed by atoms with Crippen molar-refractivity contribution in [1.82, 2.24) is 25.0 Å². The van der Waals surface area contributed by atoms with Crippen molar-refractivity contribution in [2.24, 2.45) is 5.73 Å². The lowest BCUT2D eigenvalue weighted by Gasteiger charge is -2.48. The topological polar surface area (TPSA) is 129 Å². The molecule has 3 N–H and O–H groups in total. The second-order valence-corrected chi connectivity index (χ2v) is 9.54. The number of carbonyl (C=O) groups is 2. The monoisotopic (exact) mass is 476 g/mol. The van der Waals surface area contributed by atoms with E-state index in [1.807, 2.05) is 0 Å². The second kappa shape index (κ2) is 11.2. The highest BCUT2D eigenvalue weighted by molar-refractivity contribution is 7.99. The first-order valence-corrected chi connectivity index (χ1v) is 12.5. The predicted octanol–water partition coefficient (Wildman–Crippen LogP) is 1.66. The van der Waals surface area contributed by atoms with Crippen LogP contribution in [0.2, 0.25) is 0 Å². The lowest BCUT2D eigenvalue weighted by Crippen LogP contribution is -2.59. The molecule has 33 heavy (non-hydrogen) atoms. The van der Waals surface area contributed by atoms with Gasteiger partial charge in [0.05, 0.1) is 25.2 Å². The average molecular weight is 477 g/mol. The number of thioether (sulfide) groups is 1. The second-order valence-electron chi connectivity index (χ2n) is 8.60. The molecule has 10 nitrogen and oxygen atoms in total. The van der Waals surface area contributed by atoms with E-state index in [1.54, 1.807) is 23.0 Å². The minimum atomic E-state index is -0.413. The minimum absolute atomic E-state index is 0.0241. The Labute approximate surface area is 197 Å². The Morgan fingerprint density at radius 2 is 1.97 bits per heavy atom. The summed E-state index contributed by atoms with van der Waals surface area (Å²) >= 11 is 1.30. The smallest absolute Gasteiger partial charge is 0.230 e. The first-order valence-electron chi connectivity index (χ1n) is 11.6. The summed E-state index contributed by atoms with van der Waals surface area (Å²) in [6, 6.07) is 3.54. The fourth-order valence-corrected chi connectivity index (χ4v) is 5.50. The fraction of sp³-hybridized carbons (Fsp3) is 0.636.